The third-order valence-electron chi connectivity index (χ3n) is 9.68. The van der Waals surface area contributed by atoms with Gasteiger partial charge in [0.2, 0.25) is 0 Å². The van der Waals surface area contributed by atoms with Crippen LogP contribution in [0.25, 0.3) is 97.5 Å². The lowest BCUT2D eigenvalue weighted by atomic mass is 9.90. The number of benzene rings is 8. The molecule has 0 aliphatic carbocycles. The van der Waals surface area contributed by atoms with E-state index in [0.717, 1.165) is 33.6 Å². The Balaban J connectivity index is 1.28. The zero-order valence-electron chi connectivity index (χ0n) is 26.5. The second-order valence-corrected chi connectivity index (χ2v) is 13.6. The summed E-state index contributed by atoms with van der Waals surface area (Å²) in [7, 11) is 0. The third-order valence-corrected chi connectivity index (χ3v) is 10.9. The van der Waals surface area contributed by atoms with Crippen molar-refractivity contribution >= 4 is 63.8 Å². The summed E-state index contributed by atoms with van der Waals surface area (Å²) in [6.07, 6.45) is 0. The highest BCUT2D eigenvalue weighted by molar-refractivity contribution is 7.26. The molecule has 0 fully saturated rings. The summed E-state index contributed by atoms with van der Waals surface area (Å²) >= 11 is 1.86. The minimum atomic E-state index is 0.713. The monoisotopic (exact) mass is 640 g/mol. The summed E-state index contributed by atoms with van der Waals surface area (Å²) < 4.78 is 2.59. The van der Waals surface area contributed by atoms with Gasteiger partial charge in [0, 0.05) is 42.4 Å². The van der Waals surface area contributed by atoms with E-state index in [1.54, 1.807) is 0 Å². The molecule has 8 aromatic carbocycles. The number of hydrogen-bond acceptors (Lipinski definition) is 3. The summed E-state index contributed by atoms with van der Waals surface area (Å²) in [4.78, 5) is 10.7. The molecule has 3 heteroatoms. The molecule has 0 unspecified atom stereocenters. The maximum Gasteiger partial charge on any atom is 0.160 e. The van der Waals surface area contributed by atoms with E-state index in [9.17, 15) is 0 Å². The highest BCUT2D eigenvalue weighted by Crippen LogP contribution is 2.44. The average molecular weight is 641 g/mol. The van der Waals surface area contributed by atoms with E-state index in [4.69, 9.17) is 9.97 Å². The first-order valence-electron chi connectivity index (χ1n) is 16.6. The Hall–Kier alpha value is -6.16. The van der Waals surface area contributed by atoms with Gasteiger partial charge in [-0.25, -0.2) is 9.97 Å². The highest BCUT2D eigenvalue weighted by Gasteiger charge is 2.19. The van der Waals surface area contributed by atoms with Gasteiger partial charge in [-0.1, -0.05) is 152 Å². The van der Waals surface area contributed by atoms with Crippen molar-refractivity contribution in [2.75, 3.05) is 0 Å². The summed E-state index contributed by atoms with van der Waals surface area (Å²) in [6, 6.07) is 60.8. The van der Waals surface area contributed by atoms with Crippen molar-refractivity contribution in [2.24, 2.45) is 0 Å². The lowest BCUT2D eigenvalue weighted by Crippen LogP contribution is -1.98. The van der Waals surface area contributed by atoms with Crippen molar-refractivity contribution < 1.29 is 0 Å². The lowest BCUT2D eigenvalue weighted by molar-refractivity contribution is 1.19. The first-order chi connectivity index (χ1) is 24.3. The van der Waals surface area contributed by atoms with Gasteiger partial charge in [-0.3, -0.25) is 0 Å². The molecule has 0 spiro atoms. The van der Waals surface area contributed by atoms with E-state index < -0.39 is 0 Å². The quantitative estimate of drug-likeness (QED) is 0.141. The number of aromatic nitrogens is 2. The molecule has 0 aliphatic heterocycles. The molecular formula is C46H28N2S. The molecule has 2 aromatic heterocycles. The van der Waals surface area contributed by atoms with Crippen LogP contribution in [-0.4, -0.2) is 9.97 Å². The molecule has 10 rings (SSSR count). The van der Waals surface area contributed by atoms with E-state index in [1.807, 2.05) is 17.4 Å². The fourth-order valence-electron chi connectivity index (χ4n) is 7.43. The average Bonchev–Trinajstić information content (AvgIpc) is 3.56. The van der Waals surface area contributed by atoms with Crippen LogP contribution >= 0.6 is 11.3 Å². The van der Waals surface area contributed by atoms with Crippen LogP contribution in [0.4, 0.5) is 0 Å². The molecule has 0 bridgehead atoms. The van der Waals surface area contributed by atoms with Crippen LogP contribution in [-0.2, 0) is 0 Å². The van der Waals surface area contributed by atoms with Crippen molar-refractivity contribution in [1.82, 2.24) is 9.97 Å². The fraction of sp³-hybridized carbons (Fsp3) is 0. The summed E-state index contributed by atoms with van der Waals surface area (Å²) in [6.45, 7) is 0. The number of thiophene rings is 1. The maximum absolute atomic E-state index is 5.35. The van der Waals surface area contributed by atoms with Crippen LogP contribution in [0.2, 0.25) is 0 Å². The van der Waals surface area contributed by atoms with E-state index in [-0.39, 0.29) is 0 Å². The Morgan fingerprint density at radius 1 is 0.367 bits per heavy atom. The highest BCUT2D eigenvalue weighted by atomic mass is 32.1. The number of rotatable bonds is 4. The molecule has 0 radical (unpaired) electrons. The molecule has 10 aromatic rings. The van der Waals surface area contributed by atoms with Gasteiger partial charge in [-0.2, -0.15) is 0 Å². The van der Waals surface area contributed by atoms with Crippen molar-refractivity contribution in [1.29, 1.82) is 0 Å². The second kappa shape index (κ2) is 11.2. The van der Waals surface area contributed by atoms with E-state index in [2.05, 4.69) is 164 Å². The second-order valence-electron chi connectivity index (χ2n) is 12.5. The topological polar surface area (TPSA) is 25.8 Å². The number of nitrogens with zero attached hydrogens (tertiary/aromatic N) is 2. The van der Waals surface area contributed by atoms with Crippen molar-refractivity contribution in [3.8, 4) is 45.0 Å². The molecule has 0 saturated heterocycles. The molecule has 0 N–H and O–H groups in total. The van der Waals surface area contributed by atoms with Crippen LogP contribution < -0.4 is 0 Å². The largest absolute Gasteiger partial charge is 0.228 e. The van der Waals surface area contributed by atoms with E-state index in [0.29, 0.717) is 5.82 Å². The first kappa shape index (κ1) is 27.9. The molecule has 2 heterocycles. The van der Waals surface area contributed by atoms with Crippen LogP contribution in [0.5, 0.6) is 0 Å². The summed E-state index contributed by atoms with van der Waals surface area (Å²) in [5, 5.41) is 9.84. The van der Waals surface area contributed by atoms with Gasteiger partial charge in [0.1, 0.15) is 0 Å². The van der Waals surface area contributed by atoms with Gasteiger partial charge in [0.15, 0.2) is 5.82 Å². The Labute approximate surface area is 287 Å². The summed E-state index contributed by atoms with van der Waals surface area (Å²) in [5.74, 6) is 0.713. The summed E-state index contributed by atoms with van der Waals surface area (Å²) in [5.41, 5.74) is 7.40. The van der Waals surface area contributed by atoms with Gasteiger partial charge in [0.25, 0.3) is 0 Å². The van der Waals surface area contributed by atoms with Gasteiger partial charge >= 0.3 is 0 Å². The molecule has 0 saturated carbocycles. The van der Waals surface area contributed by atoms with Gasteiger partial charge in [-0.05, 0) is 56.1 Å². The number of fused-ring (bicyclic) bond motifs is 7. The molecule has 0 amide bonds. The van der Waals surface area contributed by atoms with E-state index >= 15 is 0 Å². The Kier molecular flexibility index (Phi) is 6.39. The molecule has 0 atom stereocenters. The minimum Gasteiger partial charge on any atom is -0.228 e. The van der Waals surface area contributed by atoms with Gasteiger partial charge < -0.3 is 0 Å². The predicted octanol–water partition coefficient (Wildman–Crippen LogP) is 13.0. The predicted molar refractivity (Wildman–Crippen MR) is 209 cm³/mol. The minimum absolute atomic E-state index is 0.713. The van der Waals surface area contributed by atoms with Crippen LogP contribution in [0.1, 0.15) is 0 Å². The lowest BCUT2D eigenvalue weighted by Gasteiger charge is -2.16. The maximum atomic E-state index is 5.35. The zero-order chi connectivity index (χ0) is 32.3. The molecule has 228 valence electrons. The molecule has 0 aliphatic rings. The van der Waals surface area contributed by atoms with Gasteiger partial charge in [-0.15, -0.1) is 11.3 Å². The Morgan fingerprint density at radius 3 is 1.90 bits per heavy atom. The number of hydrogen-bond donors (Lipinski definition) is 0. The first-order valence-corrected chi connectivity index (χ1v) is 17.4. The van der Waals surface area contributed by atoms with E-state index in [1.165, 1.54) is 58.1 Å². The molecule has 2 nitrogen and oxygen atoms in total. The van der Waals surface area contributed by atoms with Crippen molar-refractivity contribution in [2.45, 2.75) is 0 Å². The van der Waals surface area contributed by atoms with Gasteiger partial charge in [0.05, 0.1) is 11.4 Å². The van der Waals surface area contributed by atoms with Crippen molar-refractivity contribution in [3.05, 3.63) is 170 Å². The van der Waals surface area contributed by atoms with Crippen LogP contribution in [0.15, 0.2) is 170 Å². The van der Waals surface area contributed by atoms with Crippen LogP contribution in [0, 0.1) is 0 Å². The smallest absolute Gasteiger partial charge is 0.160 e. The standard InChI is InChI=1S/C46H28N2S/c1-2-14-30(15-3-1)46-47-41(35-20-9-8-19-34(35)38-22-12-23-39-36-21-10-11-24-43(36)49-45(38)39)28-42(48-46)44-33-18-7-5-16-31(33)27-40-32-17-6-4-13-29(32)25-26-37(40)44/h1-28H. The zero-order valence-corrected chi connectivity index (χ0v) is 27.3. The van der Waals surface area contributed by atoms with Crippen molar-refractivity contribution in [3.63, 3.8) is 0 Å². The molecule has 49 heavy (non-hydrogen) atoms. The Bertz CT molecular complexity index is 2890. The third kappa shape index (κ3) is 4.55. The SMILES string of the molecule is c1ccc(-c2nc(-c3ccccc3-c3cccc4c3sc3ccccc34)cc(-c3c4ccccc4cc4c3ccc3ccccc34)n2)cc1. The Morgan fingerprint density at radius 2 is 1.02 bits per heavy atom. The normalized spacial score (nSPS) is 11.7. The molecular weight excluding hydrogens is 613 g/mol. The van der Waals surface area contributed by atoms with Crippen LogP contribution in [0.3, 0.4) is 0 Å². The fourth-order valence-corrected chi connectivity index (χ4v) is 8.66.